The van der Waals surface area contributed by atoms with Crippen LogP contribution in [0.1, 0.15) is 18.4 Å². The molecule has 1 fully saturated rings. The molecule has 0 unspecified atom stereocenters. The molecule has 0 amide bonds. The van der Waals surface area contributed by atoms with Gasteiger partial charge in [-0.05, 0) is 43.1 Å². The molecule has 0 radical (unpaired) electrons. The smallest absolute Gasteiger partial charge is 0.258 e. The van der Waals surface area contributed by atoms with E-state index < -0.39 is 0 Å². The number of likely N-dealkylation sites (tertiary alicyclic amines) is 1. The Kier molecular flexibility index (Phi) is 4.33. The number of benzene rings is 1. The lowest BCUT2D eigenvalue weighted by Crippen LogP contribution is -2.18. The van der Waals surface area contributed by atoms with Crippen LogP contribution in [-0.4, -0.2) is 42.7 Å². The molecular weight excluding hydrogens is 366 g/mol. The predicted octanol–water partition coefficient (Wildman–Crippen LogP) is 2.35. The molecule has 4 heterocycles. The summed E-state index contributed by atoms with van der Waals surface area (Å²) in [5.41, 5.74) is 9.57. The molecule has 1 aliphatic heterocycles. The second-order valence-corrected chi connectivity index (χ2v) is 7.32. The van der Waals surface area contributed by atoms with Gasteiger partial charge in [-0.1, -0.05) is 24.3 Å². The number of nitrogens with zero attached hydrogens (tertiary/aromatic N) is 5. The van der Waals surface area contributed by atoms with Crippen LogP contribution in [-0.2, 0) is 6.54 Å². The number of anilines is 1. The van der Waals surface area contributed by atoms with E-state index in [1.165, 1.54) is 37.8 Å². The maximum Gasteiger partial charge on any atom is 0.258 e. The van der Waals surface area contributed by atoms with E-state index in [1.54, 1.807) is 16.9 Å². The number of aromatic nitrogens is 5. The van der Waals surface area contributed by atoms with Gasteiger partial charge in [0.05, 0.1) is 11.7 Å². The Hall–Kier alpha value is -3.52. The molecule has 0 saturated carbocycles. The van der Waals surface area contributed by atoms with Crippen molar-refractivity contribution in [3.05, 3.63) is 65.0 Å². The third-order valence-corrected chi connectivity index (χ3v) is 5.37. The van der Waals surface area contributed by atoms with Crippen LogP contribution in [0.25, 0.3) is 27.8 Å². The van der Waals surface area contributed by atoms with Crippen LogP contribution >= 0.6 is 0 Å². The van der Waals surface area contributed by atoms with Gasteiger partial charge >= 0.3 is 0 Å². The van der Waals surface area contributed by atoms with Gasteiger partial charge in [-0.15, -0.1) is 5.10 Å². The molecule has 3 N–H and O–H groups in total. The quantitative estimate of drug-likeness (QED) is 0.557. The fourth-order valence-corrected chi connectivity index (χ4v) is 3.86. The minimum absolute atomic E-state index is 0.215. The fraction of sp³-hybridized carbons (Fsp3) is 0.238. The molecule has 29 heavy (non-hydrogen) atoms. The number of nitrogen functional groups attached to an aromatic ring is 1. The van der Waals surface area contributed by atoms with Crippen LogP contribution in [0.4, 0.5) is 5.82 Å². The van der Waals surface area contributed by atoms with Crippen LogP contribution < -0.4 is 11.3 Å². The first kappa shape index (κ1) is 17.6. The van der Waals surface area contributed by atoms with Gasteiger partial charge in [0.1, 0.15) is 5.52 Å². The number of aromatic amines is 1. The zero-order chi connectivity index (χ0) is 19.8. The fourth-order valence-electron chi connectivity index (χ4n) is 3.86. The predicted molar refractivity (Wildman–Crippen MR) is 112 cm³/mol. The van der Waals surface area contributed by atoms with Crippen molar-refractivity contribution in [1.29, 1.82) is 0 Å². The largest absolute Gasteiger partial charge is 0.382 e. The van der Waals surface area contributed by atoms with Gasteiger partial charge in [-0.25, -0.2) is 14.6 Å². The average Bonchev–Trinajstić information content (AvgIpc) is 3.38. The van der Waals surface area contributed by atoms with E-state index in [4.69, 9.17) is 5.73 Å². The maximum atomic E-state index is 12.0. The Bertz CT molecular complexity index is 1220. The number of hydrogen-bond acceptors (Lipinski definition) is 6. The van der Waals surface area contributed by atoms with Crippen LogP contribution in [0.5, 0.6) is 0 Å². The zero-order valence-corrected chi connectivity index (χ0v) is 15.9. The standard InChI is InChI=1S/C21H21N7O/c22-19-17(15-5-3-14(4-6-15)11-27-9-1-2-10-27)12-28(26-19)20-18-16(7-8-23-20)21(29)25-13-24-18/h3-8,12-13H,1-2,9-11H2,(H2,22,26)(H,24,25,29). The van der Waals surface area contributed by atoms with Gasteiger partial charge in [-0.3, -0.25) is 9.69 Å². The van der Waals surface area contributed by atoms with Crippen LogP contribution in [0.15, 0.2) is 53.8 Å². The summed E-state index contributed by atoms with van der Waals surface area (Å²) in [4.78, 5) is 25.7. The monoisotopic (exact) mass is 387 g/mol. The van der Waals surface area contributed by atoms with Gasteiger partial charge in [0.15, 0.2) is 11.6 Å². The molecule has 5 rings (SSSR count). The molecule has 0 spiro atoms. The summed E-state index contributed by atoms with van der Waals surface area (Å²) in [6.07, 6.45) is 7.34. The molecule has 8 nitrogen and oxygen atoms in total. The van der Waals surface area contributed by atoms with Crippen molar-refractivity contribution < 1.29 is 0 Å². The highest BCUT2D eigenvalue weighted by molar-refractivity contribution is 5.84. The van der Waals surface area contributed by atoms with Crippen molar-refractivity contribution >= 4 is 16.7 Å². The third kappa shape index (κ3) is 3.27. The molecule has 1 saturated heterocycles. The van der Waals surface area contributed by atoms with Crippen molar-refractivity contribution in [2.75, 3.05) is 18.8 Å². The Labute approximate surface area is 167 Å². The summed E-state index contributed by atoms with van der Waals surface area (Å²) in [6, 6.07) is 10.1. The first-order valence-electron chi connectivity index (χ1n) is 9.68. The Morgan fingerprint density at radius 3 is 2.66 bits per heavy atom. The SMILES string of the molecule is Nc1nn(-c2nccc3c(=O)[nH]cnc23)cc1-c1ccc(CN2CCCC2)cc1. The summed E-state index contributed by atoms with van der Waals surface area (Å²) in [5, 5.41) is 4.87. The lowest BCUT2D eigenvalue weighted by atomic mass is 10.1. The number of fused-ring (bicyclic) bond motifs is 1. The lowest BCUT2D eigenvalue weighted by Gasteiger charge is -2.14. The topological polar surface area (TPSA) is 106 Å². The highest BCUT2D eigenvalue weighted by atomic mass is 16.1. The number of pyridine rings is 1. The van der Waals surface area contributed by atoms with Gasteiger partial charge in [0.2, 0.25) is 0 Å². The number of nitrogens with one attached hydrogen (secondary N) is 1. The molecule has 8 heteroatoms. The number of H-pyrrole nitrogens is 1. The lowest BCUT2D eigenvalue weighted by molar-refractivity contribution is 0.331. The average molecular weight is 387 g/mol. The molecule has 0 aliphatic carbocycles. The number of hydrogen-bond donors (Lipinski definition) is 2. The molecule has 3 aromatic heterocycles. The van der Waals surface area contributed by atoms with Crippen molar-refractivity contribution in [2.45, 2.75) is 19.4 Å². The van der Waals surface area contributed by atoms with E-state index in [1.807, 2.05) is 6.20 Å². The summed E-state index contributed by atoms with van der Waals surface area (Å²) < 4.78 is 1.58. The van der Waals surface area contributed by atoms with Crippen LogP contribution in [0.3, 0.4) is 0 Å². The number of rotatable bonds is 4. The zero-order valence-electron chi connectivity index (χ0n) is 15.9. The Morgan fingerprint density at radius 1 is 1.07 bits per heavy atom. The maximum absolute atomic E-state index is 12.0. The first-order valence-corrected chi connectivity index (χ1v) is 9.68. The third-order valence-electron chi connectivity index (χ3n) is 5.37. The minimum atomic E-state index is -0.215. The van der Waals surface area contributed by atoms with E-state index in [2.05, 4.69) is 49.2 Å². The summed E-state index contributed by atoms with van der Waals surface area (Å²) >= 11 is 0. The van der Waals surface area contributed by atoms with E-state index in [-0.39, 0.29) is 5.56 Å². The van der Waals surface area contributed by atoms with Gasteiger partial charge < -0.3 is 10.7 Å². The van der Waals surface area contributed by atoms with Crippen LogP contribution in [0.2, 0.25) is 0 Å². The summed E-state index contributed by atoms with van der Waals surface area (Å²) in [6.45, 7) is 3.34. The van der Waals surface area contributed by atoms with E-state index >= 15 is 0 Å². The van der Waals surface area contributed by atoms with E-state index in [0.29, 0.717) is 22.5 Å². The molecule has 1 aliphatic rings. The first-order chi connectivity index (χ1) is 14.2. The normalized spacial score (nSPS) is 14.6. The Morgan fingerprint density at radius 2 is 1.86 bits per heavy atom. The molecule has 4 aromatic rings. The van der Waals surface area contributed by atoms with Crippen molar-refractivity contribution in [3.63, 3.8) is 0 Å². The molecule has 1 aromatic carbocycles. The number of nitrogens with two attached hydrogens (primary N) is 1. The molecule has 0 bridgehead atoms. The van der Waals surface area contributed by atoms with E-state index in [0.717, 1.165) is 17.7 Å². The Balaban J connectivity index is 1.48. The second kappa shape index (κ2) is 7.14. The van der Waals surface area contributed by atoms with Gasteiger partial charge in [-0.2, -0.15) is 0 Å². The van der Waals surface area contributed by atoms with Crippen LogP contribution in [0, 0.1) is 0 Å². The highest BCUT2D eigenvalue weighted by Crippen LogP contribution is 2.27. The summed E-state index contributed by atoms with van der Waals surface area (Å²) in [5.74, 6) is 0.873. The molecule has 0 atom stereocenters. The van der Waals surface area contributed by atoms with Gasteiger partial charge in [0.25, 0.3) is 5.56 Å². The molecule has 146 valence electrons. The van der Waals surface area contributed by atoms with Crippen molar-refractivity contribution in [1.82, 2.24) is 29.6 Å². The second-order valence-electron chi connectivity index (χ2n) is 7.32. The highest BCUT2D eigenvalue weighted by Gasteiger charge is 2.15. The van der Waals surface area contributed by atoms with Gasteiger partial charge in [0, 0.05) is 24.5 Å². The summed E-state index contributed by atoms with van der Waals surface area (Å²) in [7, 11) is 0. The molecular formula is C21H21N7O. The minimum Gasteiger partial charge on any atom is -0.382 e. The van der Waals surface area contributed by atoms with Crippen molar-refractivity contribution in [2.24, 2.45) is 0 Å². The van der Waals surface area contributed by atoms with Crippen molar-refractivity contribution in [3.8, 4) is 16.9 Å². The van der Waals surface area contributed by atoms with E-state index in [9.17, 15) is 4.79 Å².